The highest BCUT2D eigenvalue weighted by molar-refractivity contribution is 7.99. The van der Waals surface area contributed by atoms with Crippen molar-refractivity contribution in [3.05, 3.63) is 0 Å². The van der Waals surface area contributed by atoms with Crippen molar-refractivity contribution in [1.29, 1.82) is 0 Å². The van der Waals surface area contributed by atoms with Gasteiger partial charge in [-0.05, 0) is 18.6 Å². The Morgan fingerprint density at radius 2 is 1.80 bits per heavy atom. The quantitative estimate of drug-likeness (QED) is 0.675. The number of rotatable bonds is 8. The van der Waals surface area contributed by atoms with E-state index in [1.807, 2.05) is 11.8 Å². The van der Waals surface area contributed by atoms with E-state index < -0.39 is 0 Å². The average molecular weight is 233 g/mol. The van der Waals surface area contributed by atoms with Gasteiger partial charge >= 0.3 is 0 Å². The van der Waals surface area contributed by atoms with Crippen LogP contribution < -0.4 is 5.32 Å². The van der Waals surface area contributed by atoms with Crippen LogP contribution in [0.1, 0.15) is 34.6 Å². The van der Waals surface area contributed by atoms with E-state index in [4.69, 9.17) is 5.11 Å². The van der Waals surface area contributed by atoms with E-state index in [0.717, 1.165) is 18.2 Å². The molecule has 2 N–H and O–H groups in total. The number of nitrogens with one attached hydrogen (secondary N) is 1. The highest BCUT2D eigenvalue weighted by Crippen LogP contribution is 2.13. The third-order valence-electron chi connectivity index (χ3n) is 2.18. The zero-order valence-corrected chi connectivity index (χ0v) is 11.7. The fraction of sp³-hybridized carbons (Fsp3) is 1.00. The summed E-state index contributed by atoms with van der Waals surface area (Å²) in [5, 5.41) is 12.6. The first-order chi connectivity index (χ1) is 6.87. The molecular formula is C12H27NOS. The Morgan fingerprint density at radius 3 is 2.27 bits per heavy atom. The molecule has 1 unspecified atom stereocenters. The Morgan fingerprint density at radius 1 is 1.20 bits per heavy atom. The van der Waals surface area contributed by atoms with Gasteiger partial charge in [-0.25, -0.2) is 0 Å². The topological polar surface area (TPSA) is 32.3 Å². The molecule has 15 heavy (non-hydrogen) atoms. The predicted octanol–water partition coefficient (Wildman–Crippen LogP) is 2.37. The van der Waals surface area contributed by atoms with Crippen LogP contribution in [0.2, 0.25) is 0 Å². The molecule has 92 valence electrons. The number of hydrogen-bond acceptors (Lipinski definition) is 3. The van der Waals surface area contributed by atoms with Crippen molar-refractivity contribution in [3.8, 4) is 0 Å². The van der Waals surface area contributed by atoms with Crippen molar-refractivity contribution in [2.75, 3.05) is 24.7 Å². The van der Waals surface area contributed by atoms with Gasteiger partial charge in [0.05, 0.1) is 0 Å². The third kappa shape index (κ3) is 9.21. The van der Waals surface area contributed by atoms with Crippen molar-refractivity contribution in [2.24, 2.45) is 11.3 Å². The molecule has 0 radical (unpaired) electrons. The summed E-state index contributed by atoms with van der Waals surface area (Å²) in [7, 11) is 0. The van der Waals surface area contributed by atoms with Crippen molar-refractivity contribution in [2.45, 2.75) is 40.7 Å². The fourth-order valence-electron chi connectivity index (χ4n) is 1.05. The first kappa shape index (κ1) is 15.3. The van der Waals surface area contributed by atoms with E-state index in [1.54, 1.807) is 0 Å². The molecule has 0 aromatic carbocycles. The van der Waals surface area contributed by atoms with Gasteiger partial charge in [-0.3, -0.25) is 0 Å². The normalized spacial score (nSPS) is 14.6. The lowest BCUT2D eigenvalue weighted by molar-refractivity contribution is 0.155. The van der Waals surface area contributed by atoms with Crippen LogP contribution >= 0.6 is 11.8 Å². The number of thioether (sulfide) groups is 1. The van der Waals surface area contributed by atoms with Crippen LogP contribution in [0.4, 0.5) is 0 Å². The molecule has 0 heterocycles. The Labute approximate surface area is 99.2 Å². The molecule has 0 bridgehead atoms. The first-order valence-electron chi connectivity index (χ1n) is 5.79. The van der Waals surface area contributed by atoms with Gasteiger partial charge in [-0.1, -0.05) is 27.7 Å². The highest BCUT2D eigenvalue weighted by Gasteiger charge is 2.16. The number of aliphatic hydroxyl groups is 1. The molecule has 0 fully saturated rings. The van der Waals surface area contributed by atoms with E-state index in [1.165, 1.54) is 5.75 Å². The largest absolute Gasteiger partial charge is 0.396 e. The van der Waals surface area contributed by atoms with Gasteiger partial charge in [-0.2, -0.15) is 11.8 Å². The van der Waals surface area contributed by atoms with E-state index in [-0.39, 0.29) is 12.0 Å². The van der Waals surface area contributed by atoms with E-state index in [9.17, 15) is 0 Å². The van der Waals surface area contributed by atoms with Gasteiger partial charge in [0.2, 0.25) is 0 Å². The van der Waals surface area contributed by atoms with Crippen molar-refractivity contribution in [3.63, 3.8) is 0 Å². The van der Waals surface area contributed by atoms with Gasteiger partial charge in [0, 0.05) is 30.4 Å². The molecule has 0 spiro atoms. The fourth-order valence-corrected chi connectivity index (χ4v) is 2.12. The molecule has 0 saturated heterocycles. The maximum Gasteiger partial charge on any atom is 0.0494 e. The summed E-state index contributed by atoms with van der Waals surface area (Å²) in [5.41, 5.74) is -0.00300. The smallest absolute Gasteiger partial charge is 0.0494 e. The second kappa shape index (κ2) is 7.53. The molecule has 0 aromatic rings. The average Bonchev–Trinajstić information content (AvgIpc) is 2.14. The molecule has 1 atom stereocenters. The zero-order valence-electron chi connectivity index (χ0n) is 10.8. The van der Waals surface area contributed by atoms with Crippen LogP contribution in [0.15, 0.2) is 0 Å². The number of aliphatic hydroxyl groups excluding tert-OH is 1. The molecule has 0 amide bonds. The second-order valence-corrected chi connectivity index (χ2v) is 6.61. The molecule has 0 aliphatic carbocycles. The summed E-state index contributed by atoms with van der Waals surface area (Å²) in [6.45, 7) is 12.0. The minimum Gasteiger partial charge on any atom is -0.396 e. The molecule has 0 rings (SSSR count). The van der Waals surface area contributed by atoms with Gasteiger partial charge in [-0.15, -0.1) is 0 Å². The van der Waals surface area contributed by atoms with Gasteiger partial charge in [0.1, 0.15) is 0 Å². The van der Waals surface area contributed by atoms with E-state index in [0.29, 0.717) is 6.04 Å². The summed E-state index contributed by atoms with van der Waals surface area (Å²) < 4.78 is 0. The Kier molecular flexibility index (Phi) is 7.66. The SMILES string of the molecule is CC(C)CSCC(C)NCC(C)(C)CO. The van der Waals surface area contributed by atoms with E-state index >= 15 is 0 Å². The van der Waals surface area contributed by atoms with Crippen molar-refractivity contribution < 1.29 is 5.11 Å². The minimum atomic E-state index is -0.00300. The lowest BCUT2D eigenvalue weighted by atomic mass is 9.95. The standard InChI is InChI=1S/C12H27NOS/c1-10(2)6-15-7-11(3)13-8-12(4,5)9-14/h10-11,13-14H,6-9H2,1-5H3. The van der Waals surface area contributed by atoms with Crippen LogP contribution in [0.25, 0.3) is 0 Å². The molecular weight excluding hydrogens is 206 g/mol. The van der Waals surface area contributed by atoms with Crippen LogP contribution in [-0.2, 0) is 0 Å². The predicted molar refractivity (Wildman–Crippen MR) is 70.5 cm³/mol. The van der Waals surface area contributed by atoms with Gasteiger partial charge in [0.25, 0.3) is 0 Å². The second-order valence-electron chi connectivity index (χ2n) is 5.54. The van der Waals surface area contributed by atoms with E-state index in [2.05, 4.69) is 39.9 Å². The van der Waals surface area contributed by atoms with Crippen molar-refractivity contribution >= 4 is 11.8 Å². The summed E-state index contributed by atoms with van der Waals surface area (Å²) in [5.74, 6) is 3.16. The molecule has 0 aliphatic heterocycles. The van der Waals surface area contributed by atoms with Crippen LogP contribution in [-0.4, -0.2) is 35.8 Å². The highest BCUT2D eigenvalue weighted by atomic mass is 32.2. The van der Waals surface area contributed by atoms with Gasteiger partial charge in [0.15, 0.2) is 0 Å². The molecule has 0 aromatic heterocycles. The zero-order chi connectivity index (χ0) is 11.9. The molecule has 2 nitrogen and oxygen atoms in total. The maximum absolute atomic E-state index is 9.11. The molecule has 0 aliphatic rings. The lowest BCUT2D eigenvalue weighted by Gasteiger charge is -2.24. The summed E-state index contributed by atoms with van der Waals surface area (Å²) in [4.78, 5) is 0. The van der Waals surface area contributed by atoms with Crippen LogP contribution in [0.5, 0.6) is 0 Å². The molecule has 0 saturated carbocycles. The summed E-state index contributed by atoms with van der Waals surface area (Å²) in [6.07, 6.45) is 0. The maximum atomic E-state index is 9.11. The summed E-state index contributed by atoms with van der Waals surface area (Å²) in [6, 6.07) is 0.527. The molecule has 3 heteroatoms. The minimum absolute atomic E-state index is 0.00300. The summed E-state index contributed by atoms with van der Waals surface area (Å²) >= 11 is 2.00. The van der Waals surface area contributed by atoms with Crippen LogP contribution in [0.3, 0.4) is 0 Å². The van der Waals surface area contributed by atoms with Gasteiger partial charge < -0.3 is 10.4 Å². The Hall–Kier alpha value is 0.270. The Bertz CT molecular complexity index is 160. The monoisotopic (exact) mass is 233 g/mol. The lowest BCUT2D eigenvalue weighted by Crippen LogP contribution is -2.38. The van der Waals surface area contributed by atoms with Crippen LogP contribution in [0, 0.1) is 11.3 Å². The third-order valence-corrected chi connectivity index (χ3v) is 3.81. The Balaban J connectivity index is 3.53. The number of hydrogen-bond donors (Lipinski definition) is 2. The first-order valence-corrected chi connectivity index (χ1v) is 6.95. The van der Waals surface area contributed by atoms with Crippen molar-refractivity contribution in [1.82, 2.24) is 5.32 Å².